The second kappa shape index (κ2) is 5.87. The zero-order valence-corrected chi connectivity index (χ0v) is 11.4. The average molecular weight is 250 g/mol. The van der Waals surface area contributed by atoms with Crippen LogP contribution in [-0.4, -0.2) is 17.1 Å². The molecule has 0 spiro atoms. The molecule has 4 N–H and O–H groups in total. The summed E-state index contributed by atoms with van der Waals surface area (Å²) in [6.45, 7) is 7.64. The van der Waals surface area contributed by atoms with E-state index in [1.165, 1.54) is 0 Å². The molecule has 0 aliphatic carbocycles. The first-order chi connectivity index (χ1) is 8.36. The van der Waals surface area contributed by atoms with Crippen LogP contribution < -0.4 is 11.1 Å². The Balaban J connectivity index is 2.88. The SMILES string of the molecule is CC[C@H](C)[C@H](N)C(=O)Nc1cc(C)cc(C)c1O. The van der Waals surface area contributed by atoms with E-state index in [0.29, 0.717) is 5.69 Å². The van der Waals surface area contributed by atoms with Crippen molar-refractivity contribution in [2.24, 2.45) is 11.7 Å². The number of phenols is 1. The molecule has 0 unspecified atom stereocenters. The Morgan fingerprint density at radius 1 is 1.44 bits per heavy atom. The van der Waals surface area contributed by atoms with Crippen LogP contribution in [0.4, 0.5) is 5.69 Å². The Hall–Kier alpha value is -1.55. The van der Waals surface area contributed by atoms with Gasteiger partial charge in [-0.25, -0.2) is 0 Å². The van der Waals surface area contributed by atoms with Crippen LogP contribution in [0, 0.1) is 19.8 Å². The third-order valence-corrected chi connectivity index (χ3v) is 3.26. The van der Waals surface area contributed by atoms with Crippen LogP contribution in [0.25, 0.3) is 0 Å². The first-order valence-corrected chi connectivity index (χ1v) is 6.23. The van der Waals surface area contributed by atoms with E-state index in [1.807, 2.05) is 26.8 Å². The molecule has 0 saturated heterocycles. The Kier molecular flexibility index (Phi) is 4.73. The molecule has 2 atom stereocenters. The van der Waals surface area contributed by atoms with Crippen molar-refractivity contribution in [3.05, 3.63) is 23.3 Å². The lowest BCUT2D eigenvalue weighted by molar-refractivity contribution is -0.118. The molecule has 4 heteroatoms. The molecular formula is C14H22N2O2. The Labute approximate surface area is 108 Å². The predicted molar refractivity (Wildman–Crippen MR) is 73.6 cm³/mol. The van der Waals surface area contributed by atoms with E-state index in [0.717, 1.165) is 17.5 Å². The van der Waals surface area contributed by atoms with Crippen LogP contribution in [0.15, 0.2) is 12.1 Å². The molecule has 0 heterocycles. The van der Waals surface area contributed by atoms with Gasteiger partial charge in [-0.05, 0) is 37.0 Å². The molecule has 0 aromatic heterocycles. The highest BCUT2D eigenvalue weighted by Crippen LogP contribution is 2.28. The van der Waals surface area contributed by atoms with Gasteiger partial charge in [0.2, 0.25) is 5.91 Å². The highest BCUT2D eigenvalue weighted by Gasteiger charge is 2.20. The summed E-state index contributed by atoms with van der Waals surface area (Å²) in [4.78, 5) is 11.9. The van der Waals surface area contributed by atoms with Gasteiger partial charge in [0.25, 0.3) is 0 Å². The van der Waals surface area contributed by atoms with Gasteiger partial charge in [-0.15, -0.1) is 0 Å². The second-order valence-electron chi connectivity index (χ2n) is 4.88. The number of anilines is 1. The number of aromatic hydroxyl groups is 1. The van der Waals surface area contributed by atoms with E-state index < -0.39 is 6.04 Å². The fraction of sp³-hybridized carbons (Fsp3) is 0.500. The van der Waals surface area contributed by atoms with Crippen LogP contribution >= 0.6 is 0 Å². The minimum atomic E-state index is -0.560. The average Bonchev–Trinajstić information content (AvgIpc) is 2.33. The summed E-state index contributed by atoms with van der Waals surface area (Å²) in [5, 5.41) is 12.6. The number of phenolic OH excluding ortho intramolecular Hbond substituents is 1. The summed E-state index contributed by atoms with van der Waals surface area (Å²) in [7, 11) is 0. The Morgan fingerprint density at radius 3 is 2.61 bits per heavy atom. The van der Waals surface area contributed by atoms with Gasteiger partial charge in [0.1, 0.15) is 5.75 Å². The molecule has 100 valence electrons. The molecule has 0 fully saturated rings. The number of rotatable bonds is 4. The maximum absolute atomic E-state index is 11.9. The molecule has 1 aromatic carbocycles. The van der Waals surface area contributed by atoms with Crippen molar-refractivity contribution in [1.29, 1.82) is 0 Å². The van der Waals surface area contributed by atoms with E-state index in [-0.39, 0.29) is 17.6 Å². The standard InChI is InChI=1S/C14H22N2O2/c1-5-9(3)12(15)14(18)16-11-7-8(2)6-10(4)13(11)17/h6-7,9,12,17H,5,15H2,1-4H3,(H,16,18)/t9-,12-/m0/s1. The highest BCUT2D eigenvalue weighted by atomic mass is 16.3. The van der Waals surface area contributed by atoms with Crippen molar-refractivity contribution in [3.8, 4) is 5.75 Å². The zero-order valence-electron chi connectivity index (χ0n) is 11.4. The molecule has 0 radical (unpaired) electrons. The monoisotopic (exact) mass is 250 g/mol. The van der Waals surface area contributed by atoms with Gasteiger partial charge in [-0.1, -0.05) is 26.3 Å². The van der Waals surface area contributed by atoms with Crippen molar-refractivity contribution in [2.75, 3.05) is 5.32 Å². The summed E-state index contributed by atoms with van der Waals surface area (Å²) >= 11 is 0. The van der Waals surface area contributed by atoms with Gasteiger partial charge in [-0.2, -0.15) is 0 Å². The van der Waals surface area contributed by atoms with Crippen molar-refractivity contribution in [2.45, 2.75) is 40.2 Å². The fourth-order valence-corrected chi connectivity index (χ4v) is 1.78. The lowest BCUT2D eigenvalue weighted by Crippen LogP contribution is -2.40. The molecule has 0 saturated carbocycles. The lowest BCUT2D eigenvalue weighted by atomic mass is 9.99. The first-order valence-electron chi connectivity index (χ1n) is 6.23. The third kappa shape index (κ3) is 3.23. The van der Waals surface area contributed by atoms with E-state index in [1.54, 1.807) is 13.0 Å². The number of nitrogens with two attached hydrogens (primary N) is 1. The van der Waals surface area contributed by atoms with Gasteiger partial charge in [0.05, 0.1) is 11.7 Å². The number of carbonyl (C=O) groups excluding carboxylic acids is 1. The van der Waals surface area contributed by atoms with Gasteiger partial charge in [-0.3, -0.25) is 4.79 Å². The van der Waals surface area contributed by atoms with Crippen LogP contribution in [0.5, 0.6) is 5.75 Å². The van der Waals surface area contributed by atoms with Crippen molar-refractivity contribution in [1.82, 2.24) is 0 Å². The van der Waals surface area contributed by atoms with Crippen LogP contribution in [0.3, 0.4) is 0 Å². The number of aryl methyl sites for hydroxylation is 2. The van der Waals surface area contributed by atoms with E-state index in [4.69, 9.17) is 5.73 Å². The maximum Gasteiger partial charge on any atom is 0.241 e. The summed E-state index contributed by atoms with van der Waals surface area (Å²) in [6.07, 6.45) is 0.841. The topological polar surface area (TPSA) is 75.4 Å². The van der Waals surface area contributed by atoms with Crippen LogP contribution in [0.2, 0.25) is 0 Å². The first kappa shape index (κ1) is 14.5. The Morgan fingerprint density at radius 2 is 2.06 bits per heavy atom. The summed E-state index contributed by atoms with van der Waals surface area (Å²) in [5.74, 6) is -0.0481. The number of nitrogens with one attached hydrogen (secondary N) is 1. The lowest BCUT2D eigenvalue weighted by Gasteiger charge is -2.18. The minimum Gasteiger partial charge on any atom is -0.505 e. The second-order valence-corrected chi connectivity index (χ2v) is 4.88. The summed E-state index contributed by atoms with van der Waals surface area (Å²) in [5.41, 5.74) is 8.00. The summed E-state index contributed by atoms with van der Waals surface area (Å²) in [6, 6.07) is 3.04. The molecule has 18 heavy (non-hydrogen) atoms. The highest BCUT2D eigenvalue weighted by molar-refractivity contribution is 5.96. The fourth-order valence-electron chi connectivity index (χ4n) is 1.78. The number of hydrogen-bond donors (Lipinski definition) is 3. The third-order valence-electron chi connectivity index (χ3n) is 3.26. The predicted octanol–water partition coefficient (Wildman–Crippen LogP) is 2.32. The van der Waals surface area contributed by atoms with Gasteiger partial charge in [0, 0.05) is 0 Å². The largest absolute Gasteiger partial charge is 0.505 e. The van der Waals surface area contributed by atoms with E-state index >= 15 is 0 Å². The normalized spacial score (nSPS) is 14.1. The molecule has 0 aliphatic rings. The maximum atomic E-state index is 11.9. The smallest absolute Gasteiger partial charge is 0.241 e. The van der Waals surface area contributed by atoms with Gasteiger partial charge in [0.15, 0.2) is 0 Å². The van der Waals surface area contributed by atoms with E-state index in [2.05, 4.69) is 5.32 Å². The molecule has 1 amide bonds. The van der Waals surface area contributed by atoms with Crippen LogP contribution in [-0.2, 0) is 4.79 Å². The van der Waals surface area contributed by atoms with E-state index in [9.17, 15) is 9.90 Å². The van der Waals surface area contributed by atoms with Crippen molar-refractivity contribution >= 4 is 11.6 Å². The number of amides is 1. The molecule has 1 aromatic rings. The molecule has 0 bridgehead atoms. The van der Waals surface area contributed by atoms with Gasteiger partial charge >= 0.3 is 0 Å². The van der Waals surface area contributed by atoms with Crippen molar-refractivity contribution in [3.63, 3.8) is 0 Å². The number of benzene rings is 1. The molecule has 4 nitrogen and oxygen atoms in total. The molecule has 1 rings (SSSR count). The molecule has 0 aliphatic heterocycles. The van der Waals surface area contributed by atoms with Crippen molar-refractivity contribution < 1.29 is 9.90 Å². The minimum absolute atomic E-state index is 0.102. The zero-order chi connectivity index (χ0) is 13.9. The van der Waals surface area contributed by atoms with Crippen LogP contribution in [0.1, 0.15) is 31.4 Å². The van der Waals surface area contributed by atoms with Gasteiger partial charge < -0.3 is 16.2 Å². The summed E-state index contributed by atoms with van der Waals surface area (Å²) < 4.78 is 0. The number of carbonyl (C=O) groups is 1. The molecular weight excluding hydrogens is 228 g/mol. The Bertz CT molecular complexity index is 444. The number of hydrogen-bond acceptors (Lipinski definition) is 3. The quantitative estimate of drug-likeness (QED) is 0.718.